The number of hydrogen-bond acceptors (Lipinski definition) is 4. The van der Waals surface area contributed by atoms with Gasteiger partial charge in [-0.15, -0.1) is 0 Å². The minimum absolute atomic E-state index is 0.0660. The molecule has 1 fully saturated rings. The number of hydrogen-bond donors (Lipinski definition) is 2. The Morgan fingerprint density at radius 2 is 1.81 bits per heavy atom. The van der Waals surface area contributed by atoms with Crippen LogP contribution in [0.2, 0.25) is 0 Å². The number of amides is 1. The Morgan fingerprint density at radius 1 is 1.12 bits per heavy atom. The van der Waals surface area contributed by atoms with Gasteiger partial charge in [0.25, 0.3) is 5.91 Å². The molecule has 2 aromatic carbocycles. The molecule has 0 bridgehead atoms. The summed E-state index contributed by atoms with van der Waals surface area (Å²) in [5, 5.41) is 2.78. The normalized spacial score (nSPS) is 17.2. The van der Waals surface area contributed by atoms with Crippen LogP contribution in [0.25, 0.3) is 0 Å². The second kappa shape index (κ2) is 8.47. The molecule has 1 unspecified atom stereocenters. The van der Waals surface area contributed by atoms with E-state index in [0.29, 0.717) is 17.9 Å². The minimum Gasteiger partial charge on any atom is -0.377 e. The number of rotatable bonds is 6. The average molecular weight is 486 g/mol. The lowest BCUT2D eigenvalue weighted by molar-refractivity contribution is 0.102. The van der Waals surface area contributed by atoms with Gasteiger partial charge in [-0.2, -0.15) is 0 Å². The van der Waals surface area contributed by atoms with Crippen LogP contribution < -0.4 is 10.0 Å². The molecule has 0 aliphatic carbocycles. The van der Waals surface area contributed by atoms with E-state index in [1.54, 1.807) is 0 Å². The Hall–Kier alpha value is -1.49. The van der Waals surface area contributed by atoms with E-state index in [0.717, 1.165) is 16.4 Å². The quantitative estimate of drug-likeness (QED) is 0.616. The number of anilines is 1. The fourth-order valence-electron chi connectivity index (χ4n) is 2.61. The zero-order valence-electron chi connectivity index (χ0n) is 13.9. The van der Waals surface area contributed by atoms with Crippen molar-refractivity contribution in [2.75, 3.05) is 18.5 Å². The van der Waals surface area contributed by atoms with Gasteiger partial charge < -0.3 is 10.1 Å². The van der Waals surface area contributed by atoms with E-state index >= 15 is 0 Å². The summed E-state index contributed by atoms with van der Waals surface area (Å²) in [6, 6.07) is 13.3. The van der Waals surface area contributed by atoms with Gasteiger partial charge in [0.1, 0.15) is 0 Å². The van der Waals surface area contributed by atoms with Crippen molar-refractivity contribution in [3.05, 3.63) is 57.7 Å². The molecule has 1 heterocycles. The van der Waals surface area contributed by atoms with Crippen LogP contribution in [-0.4, -0.2) is 33.6 Å². The van der Waals surface area contributed by atoms with Gasteiger partial charge in [0.15, 0.2) is 0 Å². The molecular weight excluding hydrogens is 467 g/mol. The van der Waals surface area contributed by atoms with Crippen LogP contribution >= 0.6 is 22.6 Å². The molecule has 3 rings (SSSR count). The molecule has 138 valence electrons. The maximum atomic E-state index is 12.3. The first-order valence-electron chi connectivity index (χ1n) is 8.22. The number of halogens is 1. The molecule has 26 heavy (non-hydrogen) atoms. The molecule has 0 spiro atoms. The average Bonchev–Trinajstić information content (AvgIpc) is 3.16. The monoisotopic (exact) mass is 486 g/mol. The fraction of sp³-hybridized carbons (Fsp3) is 0.278. The molecule has 1 atom stereocenters. The Labute approximate surface area is 166 Å². The predicted octanol–water partition coefficient (Wildman–Crippen LogP) is 3.00. The van der Waals surface area contributed by atoms with Crippen LogP contribution in [-0.2, 0) is 14.8 Å². The highest BCUT2D eigenvalue weighted by molar-refractivity contribution is 14.1. The molecule has 0 saturated carbocycles. The second-order valence-electron chi connectivity index (χ2n) is 5.97. The van der Waals surface area contributed by atoms with Crippen molar-refractivity contribution in [3.8, 4) is 0 Å². The van der Waals surface area contributed by atoms with Crippen molar-refractivity contribution in [2.45, 2.75) is 23.8 Å². The number of carbonyl (C=O) groups is 1. The van der Waals surface area contributed by atoms with Gasteiger partial charge in [-0.05, 0) is 84.0 Å². The lowest BCUT2D eigenvalue weighted by Crippen LogP contribution is -2.31. The van der Waals surface area contributed by atoms with Crippen LogP contribution in [0.4, 0.5) is 5.69 Å². The van der Waals surface area contributed by atoms with E-state index in [9.17, 15) is 13.2 Å². The number of ether oxygens (including phenoxy) is 1. The van der Waals surface area contributed by atoms with E-state index in [1.807, 2.05) is 24.3 Å². The molecule has 6 nitrogen and oxygen atoms in total. The highest BCUT2D eigenvalue weighted by Gasteiger charge is 2.20. The lowest BCUT2D eigenvalue weighted by Gasteiger charge is -2.12. The Kier molecular flexibility index (Phi) is 6.28. The van der Waals surface area contributed by atoms with Crippen molar-refractivity contribution >= 4 is 44.2 Å². The third-order valence-electron chi connectivity index (χ3n) is 4.05. The third kappa shape index (κ3) is 5.03. The van der Waals surface area contributed by atoms with Gasteiger partial charge in [-0.1, -0.05) is 0 Å². The van der Waals surface area contributed by atoms with Gasteiger partial charge in [0, 0.05) is 28.0 Å². The molecule has 1 amide bonds. The summed E-state index contributed by atoms with van der Waals surface area (Å²) in [6.07, 6.45) is 1.75. The molecular formula is C18H19IN2O4S. The molecule has 1 saturated heterocycles. The summed E-state index contributed by atoms with van der Waals surface area (Å²) in [7, 11) is -3.62. The number of nitrogens with one attached hydrogen (secondary N) is 2. The summed E-state index contributed by atoms with van der Waals surface area (Å²) in [6.45, 7) is 0.939. The maximum absolute atomic E-state index is 12.3. The van der Waals surface area contributed by atoms with Gasteiger partial charge in [0.2, 0.25) is 10.0 Å². The summed E-state index contributed by atoms with van der Waals surface area (Å²) >= 11 is 2.19. The second-order valence-corrected chi connectivity index (χ2v) is 8.98. The van der Waals surface area contributed by atoms with Crippen LogP contribution in [0.1, 0.15) is 23.2 Å². The summed E-state index contributed by atoms with van der Waals surface area (Å²) < 4.78 is 33.7. The van der Waals surface area contributed by atoms with E-state index in [-0.39, 0.29) is 23.5 Å². The van der Waals surface area contributed by atoms with Crippen LogP contribution in [0.5, 0.6) is 0 Å². The highest BCUT2D eigenvalue weighted by Crippen LogP contribution is 2.16. The highest BCUT2D eigenvalue weighted by atomic mass is 127. The van der Waals surface area contributed by atoms with Crippen LogP contribution in [0.15, 0.2) is 53.4 Å². The Morgan fingerprint density at radius 3 is 2.42 bits per heavy atom. The van der Waals surface area contributed by atoms with Crippen molar-refractivity contribution < 1.29 is 17.9 Å². The summed E-state index contributed by atoms with van der Waals surface area (Å²) in [5.74, 6) is -0.289. The molecule has 0 aromatic heterocycles. The predicted molar refractivity (Wildman–Crippen MR) is 108 cm³/mol. The first-order valence-corrected chi connectivity index (χ1v) is 10.8. The van der Waals surface area contributed by atoms with Crippen LogP contribution in [0, 0.1) is 3.57 Å². The molecule has 2 aromatic rings. The maximum Gasteiger partial charge on any atom is 0.255 e. The SMILES string of the molecule is O=C(Nc1ccc(I)cc1)c1ccc(S(=O)(=O)NCC2CCCO2)cc1. The van der Waals surface area contributed by atoms with Gasteiger partial charge >= 0.3 is 0 Å². The van der Waals surface area contributed by atoms with Gasteiger partial charge in [0.05, 0.1) is 11.0 Å². The van der Waals surface area contributed by atoms with Crippen molar-refractivity contribution in [2.24, 2.45) is 0 Å². The smallest absolute Gasteiger partial charge is 0.255 e. The number of benzene rings is 2. The zero-order chi connectivity index (χ0) is 18.6. The standard InChI is InChI=1S/C18H19IN2O4S/c19-14-5-7-15(8-6-14)21-18(22)13-3-9-17(10-4-13)26(23,24)20-12-16-2-1-11-25-16/h3-10,16,20H,1-2,11-12H2,(H,21,22). The van der Waals surface area contributed by atoms with Gasteiger partial charge in [-0.25, -0.2) is 13.1 Å². The molecule has 0 radical (unpaired) electrons. The first-order chi connectivity index (χ1) is 12.4. The molecule has 2 N–H and O–H groups in total. The lowest BCUT2D eigenvalue weighted by atomic mass is 10.2. The minimum atomic E-state index is -3.62. The number of sulfonamides is 1. The van der Waals surface area contributed by atoms with E-state index in [4.69, 9.17) is 4.74 Å². The topological polar surface area (TPSA) is 84.5 Å². The van der Waals surface area contributed by atoms with Crippen molar-refractivity contribution in [1.82, 2.24) is 4.72 Å². The number of carbonyl (C=O) groups excluding carboxylic acids is 1. The molecule has 1 aliphatic heterocycles. The van der Waals surface area contributed by atoms with Gasteiger partial charge in [-0.3, -0.25) is 4.79 Å². The molecule has 1 aliphatic rings. The van der Waals surface area contributed by atoms with E-state index in [2.05, 4.69) is 32.6 Å². The summed E-state index contributed by atoms with van der Waals surface area (Å²) in [5.41, 5.74) is 1.08. The first kappa shape index (κ1) is 19.3. The van der Waals surface area contributed by atoms with Crippen molar-refractivity contribution in [3.63, 3.8) is 0 Å². The third-order valence-corrected chi connectivity index (χ3v) is 6.21. The fourth-order valence-corrected chi connectivity index (χ4v) is 4.04. The van der Waals surface area contributed by atoms with E-state index in [1.165, 1.54) is 24.3 Å². The van der Waals surface area contributed by atoms with Crippen molar-refractivity contribution in [1.29, 1.82) is 0 Å². The summed E-state index contributed by atoms with van der Waals surface area (Å²) in [4.78, 5) is 12.4. The zero-order valence-corrected chi connectivity index (χ0v) is 16.9. The van der Waals surface area contributed by atoms with Crippen LogP contribution in [0.3, 0.4) is 0 Å². The largest absolute Gasteiger partial charge is 0.377 e. The van der Waals surface area contributed by atoms with E-state index < -0.39 is 10.0 Å². The Bertz CT molecular complexity index is 861. The molecule has 8 heteroatoms. The Balaban J connectivity index is 1.63.